The van der Waals surface area contributed by atoms with Crippen molar-refractivity contribution in [1.29, 1.82) is 0 Å². The minimum Gasteiger partial charge on any atom is -0.496 e. The molecule has 1 atom stereocenters. The third-order valence-corrected chi connectivity index (χ3v) is 2.13. The number of aliphatic hydroxyl groups excluding tert-OH is 1. The zero-order valence-electron chi connectivity index (χ0n) is 8.78. The van der Waals surface area contributed by atoms with E-state index in [1.54, 1.807) is 21.1 Å². The first-order valence-electron chi connectivity index (χ1n) is 4.53. The van der Waals surface area contributed by atoms with Crippen LogP contribution in [0.1, 0.15) is 24.2 Å². The molecule has 1 aromatic rings. The van der Waals surface area contributed by atoms with Gasteiger partial charge in [-0.15, -0.1) is 0 Å². The molecule has 0 radical (unpaired) electrons. The zero-order chi connectivity index (χ0) is 10.6. The highest BCUT2D eigenvalue weighted by atomic mass is 16.5. The SMILES string of the molecule is COCc1c(OC)cccc1C(C)O. The zero-order valence-corrected chi connectivity index (χ0v) is 8.78. The summed E-state index contributed by atoms with van der Waals surface area (Å²) in [5, 5.41) is 9.54. The summed E-state index contributed by atoms with van der Waals surface area (Å²) in [4.78, 5) is 0. The number of hydrogen-bond donors (Lipinski definition) is 1. The van der Waals surface area contributed by atoms with Gasteiger partial charge in [-0.2, -0.15) is 0 Å². The van der Waals surface area contributed by atoms with Crippen molar-refractivity contribution >= 4 is 0 Å². The molecule has 0 aliphatic carbocycles. The topological polar surface area (TPSA) is 38.7 Å². The van der Waals surface area contributed by atoms with Gasteiger partial charge in [0.05, 0.1) is 19.8 Å². The van der Waals surface area contributed by atoms with Crippen molar-refractivity contribution in [2.45, 2.75) is 19.6 Å². The molecule has 1 N–H and O–H groups in total. The Hall–Kier alpha value is -1.06. The van der Waals surface area contributed by atoms with Gasteiger partial charge in [0, 0.05) is 12.7 Å². The Morgan fingerprint density at radius 1 is 1.36 bits per heavy atom. The summed E-state index contributed by atoms with van der Waals surface area (Å²) in [5.74, 6) is 0.755. The predicted octanol–water partition coefficient (Wildman–Crippen LogP) is 1.89. The Morgan fingerprint density at radius 2 is 2.07 bits per heavy atom. The lowest BCUT2D eigenvalue weighted by atomic mass is 10.0. The maximum Gasteiger partial charge on any atom is 0.124 e. The molecule has 3 heteroatoms. The summed E-state index contributed by atoms with van der Waals surface area (Å²) in [6.45, 7) is 2.18. The molecule has 0 aliphatic heterocycles. The van der Waals surface area contributed by atoms with Gasteiger partial charge in [-0.25, -0.2) is 0 Å². The lowest BCUT2D eigenvalue weighted by Gasteiger charge is -2.14. The number of aliphatic hydroxyl groups is 1. The molecule has 0 spiro atoms. The second kappa shape index (κ2) is 4.98. The smallest absolute Gasteiger partial charge is 0.124 e. The Morgan fingerprint density at radius 3 is 2.57 bits per heavy atom. The van der Waals surface area contributed by atoms with Gasteiger partial charge in [0.2, 0.25) is 0 Å². The molecule has 3 nitrogen and oxygen atoms in total. The molecule has 0 aromatic heterocycles. The minimum atomic E-state index is -0.504. The molecule has 78 valence electrons. The maximum absolute atomic E-state index is 9.54. The van der Waals surface area contributed by atoms with E-state index in [0.29, 0.717) is 6.61 Å². The van der Waals surface area contributed by atoms with E-state index in [1.165, 1.54) is 0 Å². The van der Waals surface area contributed by atoms with Crippen molar-refractivity contribution in [2.24, 2.45) is 0 Å². The van der Waals surface area contributed by atoms with Crippen LogP contribution in [0.15, 0.2) is 18.2 Å². The molecule has 0 aliphatic rings. The molecule has 0 saturated carbocycles. The molecule has 0 saturated heterocycles. The van der Waals surface area contributed by atoms with Gasteiger partial charge < -0.3 is 14.6 Å². The predicted molar refractivity (Wildman–Crippen MR) is 54.3 cm³/mol. The first-order valence-corrected chi connectivity index (χ1v) is 4.53. The van der Waals surface area contributed by atoms with E-state index in [4.69, 9.17) is 9.47 Å². The molecule has 0 amide bonds. The molecule has 1 rings (SSSR count). The van der Waals surface area contributed by atoms with E-state index in [-0.39, 0.29) is 0 Å². The van der Waals surface area contributed by atoms with E-state index in [9.17, 15) is 5.11 Å². The highest BCUT2D eigenvalue weighted by molar-refractivity contribution is 5.40. The van der Waals surface area contributed by atoms with Crippen molar-refractivity contribution in [2.75, 3.05) is 14.2 Å². The number of methoxy groups -OCH3 is 2. The maximum atomic E-state index is 9.54. The van der Waals surface area contributed by atoms with Gasteiger partial charge in [0.15, 0.2) is 0 Å². The van der Waals surface area contributed by atoms with Gasteiger partial charge in [-0.3, -0.25) is 0 Å². The average molecular weight is 196 g/mol. The first-order chi connectivity index (χ1) is 6.70. The third-order valence-electron chi connectivity index (χ3n) is 2.13. The van der Waals surface area contributed by atoms with Crippen LogP contribution in [-0.4, -0.2) is 19.3 Å². The van der Waals surface area contributed by atoms with E-state index in [0.717, 1.165) is 16.9 Å². The number of ether oxygens (including phenoxy) is 2. The van der Waals surface area contributed by atoms with E-state index in [2.05, 4.69) is 0 Å². The molecule has 14 heavy (non-hydrogen) atoms. The number of hydrogen-bond acceptors (Lipinski definition) is 3. The van der Waals surface area contributed by atoms with Crippen LogP contribution >= 0.6 is 0 Å². The highest BCUT2D eigenvalue weighted by Crippen LogP contribution is 2.27. The van der Waals surface area contributed by atoms with Crippen LogP contribution in [0.4, 0.5) is 0 Å². The standard InChI is InChI=1S/C11H16O3/c1-8(12)9-5-4-6-11(14-3)10(9)7-13-2/h4-6,8,12H,7H2,1-3H3. The fourth-order valence-electron chi connectivity index (χ4n) is 1.46. The van der Waals surface area contributed by atoms with Crippen LogP contribution in [-0.2, 0) is 11.3 Å². The average Bonchev–Trinajstić information content (AvgIpc) is 2.18. The fraction of sp³-hybridized carbons (Fsp3) is 0.455. The Bertz CT molecular complexity index is 295. The molecular weight excluding hydrogens is 180 g/mol. The Balaban J connectivity index is 3.13. The Labute approximate surface area is 84.3 Å². The van der Waals surface area contributed by atoms with E-state index in [1.807, 2.05) is 18.2 Å². The first kappa shape index (κ1) is 11.0. The van der Waals surface area contributed by atoms with Gasteiger partial charge in [0.1, 0.15) is 5.75 Å². The van der Waals surface area contributed by atoms with Gasteiger partial charge in [-0.05, 0) is 18.6 Å². The highest BCUT2D eigenvalue weighted by Gasteiger charge is 2.11. The van der Waals surface area contributed by atoms with Crippen molar-refractivity contribution in [3.8, 4) is 5.75 Å². The summed E-state index contributed by atoms with van der Waals surface area (Å²) in [6, 6.07) is 5.60. The molecule has 1 unspecified atom stereocenters. The number of rotatable bonds is 4. The van der Waals surface area contributed by atoms with Crippen molar-refractivity contribution < 1.29 is 14.6 Å². The molecule has 0 heterocycles. The largest absolute Gasteiger partial charge is 0.496 e. The van der Waals surface area contributed by atoms with E-state index >= 15 is 0 Å². The summed E-state index contributed by atoms with van der Waals surface area (Å²) in [5.41, 5.74) is 1.76. The Kier molecular flexibility index (Phi) is 3.92. The lowest BCUT2D eigenvalue weighted by Crippen LogP contribution is -2.02. The van der Waals surface area contributed by atoms with Gasteiger partial charge >= 0.3 is 0 Å². The van der Waals surface area contributed by atoms with Crippen LogP contribution in [0.3, 0.4) is 0 Å². The van der Waals surface area contributed by atoms with Crippen LogP contribution in [0.25, 0.3) is 0 Å². The van der Waals surface area contributed by atoms with Crippen molar-refractivity contribution in [3.05, 3.63) is 29.3 Å². The third kappa shape index (κ3) is 2.25. The number of benzene rings is 1. The van der Waals surface area contributed by atoms with Gasteiger partial charge in [0.25, 0.3) is 0 Å². The quantitative estimate of drug-likeness (QED) is 0.799. The normalized spacial score (nSPS) is 12.6. The monoisotopic (exact) mass is 196 g/mol. The van der Waals surface area contributed by atoms with Crippen molar-refractivity contribution in [1.82, 2.24) is 0 Å². The fourth-order valence-corrected chi connectivity index (χ4v) is 1.46. The second-order valence-electron chi connectivity index (χ2n) is 3.14. The minimum absolute atomic E-state index is 0.449. The lowest BCUT2D eigenvalue weighted by molar-refractivity contribution is 0.168. The van der Waals surface area contributed by atoms with Crippen LogP contribution in [0.5, 0.6) is 5.75 Å². The molecular formula is C11H16O3. The molecule has 0 fully saturated rings. The summed E-state index contributed by atoms with van der Waals surface area (Å²) in [7, 11) is 3.23. The summed E-state index contributed by atoms with van der Waals surface area (Å²) >= 11 is 0. The molecule has 0 bridgehead atoms. The van der Waals surface area contributed by atoms with E-state index < -0.39 is 6.10 Å². The van der Waals surface area contributed by atoms with Gasteiger partial charge in [-0.1, -0.05) is 12.1 Å². The van der Waals surface area contributed by atoms with Crippen LogP contribution in [0.2, 0.25) is 0 Å². The van der Waals surface area contributed by atoms with Crippen LogP contribution < -0.4 is 4.74 Å². The summed E-state index contributed by atoms with van der Waals surface area (Å²) < 4.78 is 10.3. The summed E-state index contributed by atoms with van der Waals surface area (Å²) in [6.07, 6.45) is -0.504. The molecule has 1 aromatic carbocycles. The second-order valence-corrected chi connectivity index (χ2v) is 3.14. The van der Waals surface area contributed by atoms with Crippen LogP contribution in [0, 0.1) is 0 Å². The van der Waals surface area contributed by atoms with Crippen molar-refractivity contribution in [3.63, 3.8) is 0 Å².